The average Bonchev–Trinajstić information content (AvgIpc) is 2.82. The first-order valence-corrected chi connectivity index (χ1v) is 6.34. The van der Waals surface area contributed by atoms with Crippen LogP contribution >= 0.6 is 0 Å². The molecule has 2 heteroatoms. The molecule has 1 aromatic heterocycles. The molecule has 2 aromatic carbocycles. The number of fused-ring (bicyclic) bond motifs is 1. The van der Waals surface area contributed by atoms with E-state index in [-0.39, 0.29) is 0 Å². The van der Waals surface area contributed by atoms with Crippen molar-refractivity contribution >= 4 is 11.0 Å². The lowest BCUT2D eigenvalue weighted by Crippen LogP contribution is -1.97. The molecule has 0 saturated heterocycles. The summed E-state index contributed by atoms with van der Waals surface area (Å²) in [7, 11) is 0. The second-order valence-corrected chi connectivity index (χ2v) is 4.53. The Morgan fingerprint density at radius 2 is 1.83 bits per heavy atom. The molecule has 3 rings (SSSR count). The van der Waals surface area contributed by atoms with Crippen molar-refractivity contribution in [1.29, 1.82) is 0 Å². The first-order valence-electron chi connectivity index (χ1n) is 6.34. The maximum Gasteiger partial charge on any atom is 0.0961 e. The number of benzene rings is 2. The quantitative estimate of drug-likeness (QED) is 0.678. The lowest BCUT2D eigenvalue weighted by molar-refractivity contribution is 0.824. The Kier molecular flexibility index (Phi) is 2.85. The lowest BCUT2D eigenvalue weighted by atomic mass is 10.1. The van der Waals surface area contributed by atoms with Gasteiger partial charge < -0.3 is 4.57 Å². The van der Waals surface area contributed by atoms with Crippen molar-refractivity contribution in [2.45, 2.75) is 19.9 Å². The van der Waals surface area contributed by atoms with Crippen molar-refractivity contribution in [3.63, 3.8) is 0 Å². The van der Waals surface area contributed by atoms with Crippen molar-refractivity contribution in [2.75, 3.05) is 0 Å². The average molecular weight is 236 g/mol. The van der Waals surface area contributed by atoms with Gasteiger partial charge in [-0.25, -0.2) is 4.98 Å². The molecular weight excluding hydrogens is 220 g/mol. The molecular formula is C16H16N2. The van der Waals surface area contributed by atoms with Gasteiger partial charge in [-0.3, -0.25) is 0 Å². The highest BCUT2D eigenvalue weighted by atomic mass is 15.0. The molecule has 0 amide bonds. The molecule has 18 heavy (non-hydrogen) atoms. The fraction of sp³-hybridized carbons (Fsp3) is 0.188. The maximum absolute atomic E-state index is 4.49. The van der Waals surface area contributed by atoms with Gasteiger partial charge in [0.2, 0.25) is 0 Å². The molecule has 90 valence electrons. The molecule has 0 N–H and O–H groups in total. The minimum atomic E-state index is 0.878. The molecule has 0 aliphatic rings. The van der Waals surface area contributed by atoms with Crippen LogP contribution in [0, 0.1) is 0 Å². The number of nitrogens with zero attached hydrogens (tertiary/aromatic N) is 2. The van der Waals surface area contributed by atoms with Gasteiger partial charge in [0, 0.05) is 6.54 Å². The second-order valence-electron chi connectivity index (χ2n) is 4.53. The van der Waals surface area contributed by atoms with Gasteiger partial charge in [-0.2, -0.15) is 0 Å². The Morgan fingerprint density at radius 3 is 2.61 bits per heavy atom. The smallest absolute Gasteiger partial charge is 0.0961 e. The Bertz CT molecular complexity index is 653. The topological polar surface area (TPSA) is 17.8 Å². The van der Waals surface area contributed by atoms with Crippen LogP contribution in [0.25, 0.3) is 11.0 Å². The molecule has 0 bridgehead atoms. The standard InChI is InChI=1S/C16H16N2/c1-2-13-8-9-16-15(10-13)17-12-18(16)11-14-6-4-3-5-7-14/h3-10,12H,2,11H2,1H3. The Morgan fingerprint density at radius 1 is 1.00 bits per heavy atom. The fourth-order valence-electron chi connectivity index (χ4n) is 2.24. The predicted octanol–water partition coefficient (Wildman–Crippen LogP) is 3.65. The molecule has 3 aromatic rings. The summed E-state index contributed by atoms with van der Waals surface area (Å²) < 4.78 is 2.20. The Hall–Kier alpha value is -2.09. The zero-order chi connectivity index (χ0) is 12.4. The van der Waals surface area contributed by atoms with Gasteiger partial charge in [-0.1, -0.05) is 43.3 Å². The summed E-state index contributed by atoms with van der Waals surface area (Å²) in [6, 6.07) is 17.0. The van der Waals surface area contributed by atoms with E-state index in [4.69, 9.17) is 0 Å². The Balaban J connectivity index is 1.98. The van der Waals surface area contributed by atoms with Crippen molar-refractivity contribution in [2.24, 2.45) is 0 Å². The molecule has 0 atom stereocenters. The zero-order valence-corrected chi connectivity index (χ0v) is 10.5. The van der Waals surface area contributed by atoms with E-state index in [9.17, 15) is 0 Å². The van der Waals surface area contributed by atoms with Crippen LogP contribution in [0.2, 0.25) is 0 Å². The molecule has 0 aliphatic heterocycles. The first-order chi connectivity index (χ1) is 8.86. The van der Waals surface area contributed by atoms with Gasteiger partial charge >= 0.3 is 0 Å². The first kappa shape index (κ1) is 11.0. The number of rotatable bonds is 3. The molecule has 0 spiro atoms. The molecule has 0 fully saturated rings. The zero-order valence-electron chi connectivity index (χ0n) is 10.5. The van der Waals surface area contributed by atoms with Crippen molar-refractivity contribution < 1.29 is 0 Å². The predicted molar refractivity (Wildman–Crippen MR) is 74.7 cm³/mol. The van der Waals surface area contributed by atoms with Crippen LogP contribution in [-0.2, 0) is 13.0 Å². The number of hydrogen-bond acceptors (Lipinski definition) is 1. The van der Waals surface area contributed by atoms with Crippen LogP contribution in [0.3, 0.4) is 0 Å². The van der Waals surface area contributed by atoms with Gasteiger partial charge in [0.25, 0.3) is 0 Å². The van der Waals surface area contributed by atoms with Crippen LogP contribution < -0.4 is 0 Å². The van der Waals surface area contributed by atoms with Crippen molar-refractivity contribution in [1.82, 2.24) is 9.55 Å². The van der Waals surface area contributed by atoms with Crippen molar-refractivity contribution in [3.05, 3.63) is 66.0 Å². The summed E-state index contributed by atoms with van der Waals surface area (Å²) in [5, 5.41) is 0. The SMILES string of the molecule is CCc1ccc2c(c1)ncn2Cc1ccccc1. The van der Waals surface area contributed by atoms with E-state index >= 15 is 0 Å². The van der Waals surface area contributed by atoms with Gasteiger partial charge in [0.05, 0.1) is 17.4 Å². The van der Waals surface area contributed by atoms with E-state index in [1.165, 1.54) is 16.6 Å². The maximum atomic E-state index is 4.49. The summed E-state index contributed by atoms with van der Waals surface area (Å²) in [5.41, 5.74) is 4.94. The minimum absolute atomic E-state index is 0.878. The molecule has 0 radical (unpaired) electrons. The van der Waals surface area contributed by atoms with E-state index in [0.717, 1.165) is 18.5 Å². The molecule has 2 nitrogen and oxygen atoms in total. The van der Waals surface area contributed by atoms with Crippen LogP contribution in [0.15, 0.2) is 54.9 Å². The fourth-order valence-corrected chi connectivity index (χ4v) is 2.24. The molecule has 0 saturated carbocycles. The van der Waals surface area contributed by atoms with E-state index in [1.807, 2.05) is 12.4 Å². The van der Waals surface area contributed by atoms with E-state index in [0.29, 0.717) is 0 Å². The summed E-state index contributed by atoms with van der Waals surface area (Å²) in [6.07, 6.45) is 2.98. The third kappa shape index (κ3) is 2.02. The van der Waals surface area contributed by atoms with Gasteiger partial charge in [-0.05, 0) is 29.7 Å². The van der Waals surface area contributed by atoms with Gasteiger partial charge in [-0.15, -0.1) is 0 Å². The van der Waals surface area contributed by atoms with Crippen LogP contribution in [-0.4, -0.2) is 9.55 Å². The highest BCUT2D eigenvalue weighted by Gasteiger charge is 2.03. The number of aromatic nitrogens is 2. The Labute approximate surface area is 107 Å². The largest absolute Gasteiger partial charge is 0.326 e. The monoisotopic (exact) mass is 236 g/mol. The molecule has 0 unspecified atom stereocenters. The second kappa shape index (κ2) is 4.65. The van der Waals surface area contributed by atoms with E-state index < -0.39 is 0 Å². The summed E-state index contributed by atoms with van der Waals surface area (Å²) >= 11 is 0. The summed E-state index contributed by atoms with van der Waals surface area (Å²) in [5.74, 6) is 0. The number of aryl methyl sites for hydroxylation is 1. The molecule has 0 aliphatic carbocycles. The van der Waals surface area contributed by atoms with Gasteiger partial charge in [0.15, 0.2) is 0 Å². The minimum Gasteiger partial charge on any atom is -0.326 e. The number of hydrogen-bond donors (Lipinski definition) is 0. The highest BCUT2D eigenvalue weighted by Crippen LogP contribution is 2.16. The van der Waals surface area contributed by atoms with Crippen LogP contribution in [0.1, 0.15) is 18.1 Å². The lowest BCUT2D eigenvalue weighted by Gasteiger charge is -2.04. The van der Waals surface area contributed by atoms with Gasteiger partial charge in [0.1, 0.15) is 0 Å². The van der Waals surface area contributed by atoms with E-state index in [1.54, 1.807) is 0 Å². The van der Waals surface area contributed by atoms with Crippen LogP contribution in [0.5, 0.6) is 0 Å². The normalized spacial score (nSPS) is 10.9. The number of imidazole rings is 1. The highest BCUT2D eigenvalue weighted by molar-refractivity contribution is 5.76. The van der Waals surface area contributed by atoms with E-state index in [2.05, 4.69) is 58.9 Å². The van der Waals surface area contributed by atoms with Crippen LogP contribution in [0.4, 0.5) is 0 Å². The molecule has 1 heterocycles. The van der Waals surface area contributed by atoms with Crippen molar-refractivity contribution in [3.8, 4) is 0 Å². The summed E-state index contributed by atoms with van der Waals surface area (Å²) in [6.45, 7) is 3.05. The summed E-state index contributed by atoms with van der Waals surface area (Å²) in [4.78, 5) is 4.49. The third-order valence-corrected chi connectivity index (χ3v) is 3.29. The third-order valence-electron chi connectivity index (χ3n) is 3.29.